The van der Waals surface area contributed by atoms with E-state index in [1.54, 1.807) is 7.11 Å². The van der Waals surface area contributed by atoms with E-state index in [2.05, 4.69) is 21.8 Å². The van der Waals surface area contributed by atoms with Crippen LogP contribution in [0.5, 0.6) is 5.75 Å². The summed E-state index contributed by atoms with van der Waals surface area (Å²) in [7, 11) is 1.66. The SMILES string of the molecule is CCNCc1cncn1Cc1c(Cl)cccc1OC. The predicted molar refractivity (Wildman–Crippen MR) is 76.7 cm³/mol. The third-order valence-corrected chi connectivity index (χ3v) is 3.33. The van der Waals surface area contributed by atoms with E-state index in [4.69, 9.17) is 16.3 Å². The molecule has 2 rings (SSSR count). The first-order valence-electron chi connectivity index (χ1n) is 6.27. The van der Waals surface area contributed by atoms with E-state index in [0.717, 1.165) is 30.1 Å². The quantitative estimate of drug-likeness (QED) is 0.884. The van der Waals surface area contributed by atoms with E-state index in [0.29, 0.717) is 11.6 Å². The third kappa shape index (κ3) is 3.28. The van der Waals surface area contributed by atoms with Crippen LogP contribution in [0.4, 0.5) is 0 Å². The molecule has 0 saturated heterocycles. The maximum atomic E-state index is 6.25. The number of methoxy groups -OCH3 is 1. The standard InChI is InChI=1S/C14H18ClN3O/c1-3-16-7-11-8-17-10-18(11)9-12-13(15)5-4-6-14(12)19-2/h4-6,8,10,16H,3,7,9H2,1-2H3. The summed E-state index contributed by atoms with van der Waals surface area (Å²) in [4.78, 5) is 4.20. The molecule has 102 valence electrons. The van der Waals surface area contributed by atoms with E-state index in [9.17, 15) is 0 Å². The minimum atomic E-state index is 0.656. The first-order chi connectivity index (χ1) is 9.26. The predicted octanol–water partition coefficient (Wildman–Crippen LogP) is 2.70. The number of benzene rings is 1. The summed E-state index contributed by atoms with van der Waals surface area (Å²) in [6.07, 6.45) is 3.68. The van der Waals surface area contributed by atoms with Crippen LogP contribution in [0.1, 0.15) is 18.2 Å². The fourth-order valence-electron chi connectivity index (χ4n) is 1.94. The summed E-state index contributed by atoms with van der Waals surface area (Å²) < 4.78 is 7.44. The number of aromatic nitrogens is 2. The normalized spacial score (nSPS) is 10.7. The van der Waals surface area contributed by atoms with Crippen molar-refractivity contribution < 1.29 is 4.74 Å². The van der Waals surface area contributed by atoms with Crippen molar-refractivity contribution in [3.63, 3.8) is 0 Å². The Labute approximate surface area is 118 Å². The minimum absolute atomic E-state index is 0.656. The highest BCUT2D eigenvalue weighted by atomic mass is 35.5. The molecule has 4 nitrogen and oxygen atoms in total. The van der Waals surface area contributed by atoms with E-state index in [1.807, 2.05) is 30.7 Å². The summed E-state index contributed by atoms with van der Waals surface area (Å²) in [6, 6.07) is 5.68. The van der Waals surface area contributed by atoms with Crippen LogP contribution in [0.15, 0.2) is 30.7 Å². The average molecular weight is 280 g/mol. The summed E-state index contributed by atoms with van der Waals surface area (Å²) in [5.41, 5.74) is 2.10. The molecule has 0 aliphatic carbocycles. The van der Waals surface area contributed by atoms with Gasteiger partial charge in [0.15, 0.2) is 0 Å². The van der Waals surface area contributed by atoms with Crippen LogP contribution in [0.3, 0.4) is 0 Å². The molecule has 0 radical (unpaired) electrons. The molecule has 0 unspecified atom stereocenters. The van der Waals surface area contributed by atoms with Gasteiger partial charge in [0, 0.05) is 23.3 Å². The zero-order chi connectivity index (χ0) is 13.7. The highest BCUT2D eigenvalue weighted by Gasteiger charge is 2.10. The molecule has 1 aromatic heterocycles. The van der Waals surface area contributed by atoms with Crippen LogP contribution in [0, 0.1) is 0 Å². The number of hydrogen-bond donors (Lipinski definition) is 1. The summed E-state index contributed by atoms with van der Waals surface area (Å²) in [5, 5.41) is 4.01. The van der Waals surface area contributed by atoms with Crippen molar-refractivity contribution >= 4 is 11.6 Å². The number of halogens is 1. The summed E-state index contributed by atoms with van der Waals surface area (Å²) in [6.45, 7) is 4.46. The Bertz CT molecular complexity index is 539. The van der Waals surface area contributed by atoms with Crippen molar-refractivity contribution in [2.45, 2.75) is 20.0 Å². The Kier molecular flexibility index (Phi) is 4.82. The lowest BCUT2D eigenvalue weighted by Crippen LogP contribution is -2.15. The topological polar surface area (TPSA) is 39.1 Å². The molecular formula is C14H18ClN3O. The van der Waals surface area contributed by atoms with Crippen molar-refractivity contribution in [1.29, 1.82) is 0 Å². The molecule has 0 amide bonds. The molecule has 0 atom stereocenters. The number of nitrogens with one attached hydrogen (secondary N) is 1. The lowest BCUT2D eigenvalue weighted by atomic mass is 10.2. The first-order valence-corrected chi connectivity index (χ1v) is 6.65. The summed E-state index contributed by atoms with van der Waals surface area (Å²) in [5.74, 6) is 0.801. The molecule has 1 heterocycles. The van der Waals surface area contributed by atoms with Crippen LogP contribution >= 0.6 is 11.6 Å². The van der Waals surface area contributed by atoms with Crippen LogP contribution in [0.25, 0.3) is 0 Å². The lowest BCUT2D eigenvalue weighted by Gasteiger charge is -2.13. The van der Waals surface area contributed by atoms with Crippen molar-refractivity contribution in [2.75, 3.05) is 13.7 Å². The highest BCUT2D eigenvalue weighted by Crippen LogP contribution is 2.27. The molecule has 1 N–H and O–H groups in total. The van der Waals surface area contributed by atoms with Crippen LogP contribution in [-0.2, 0) is 13.1 Å². The molecule has 0 spiro atoms. The van der Waals surface area contributed by atoms with Gasteiger partial charge in [0.25, 0.3) is 0 Å². The molecule has 0 aliphatic rings. The van der Waals surface area contributed by atoms with Gasteiger partial charge in [-0.2, -0.15) is 0 Å². The first kappa shape index (κ1) is 13.9. The number of imidazole rings is 1. The van der Waals surface area contributed by atoms with Gasteiger partial charge < -0.3 is 14.6 Å². The van der Waals surface area contributed by atoms with E-state index >= 15 is 0 Å². The number of rotatable bonds is 6. The molecule has 5 heteroatoms. The zero-order valence-electron chi connectivity index (χ0n) is 11.2. The maximum Gasteiger partial charge on any atom is 0.125 e. The van der Waals surface area contributed by atoms with Gasteiger partial charge >= 0.3 is 0 Å². The second kappa shape index (κ2) is 6.59. The Hall–Kier alpha value is -1.52. The molecule has 0 bridgehead atoms. The maximum absolute atomic E-state index is 6.25. The Morgan fingerprint density at radius 1 is 1.42 bits per heavy atom. The fraction of sp³-hybridized carbons (Fsp3) is 0.357. The van der Waals surface area contributed by atoms with Crippen LogP contribution < -0.4 is 10.1 Å². The van der Waals surface area contributed by atoms with Crippen LogP contribution in [-0.4, -0.2) is 23.2 Å². The Morgan fingerprint density at radius 3 is 3.00 bits per heavy atom. The molecule has 0 saturated carbocycles. The van der Waals surface area contributed by atoms with Crippen molar-refractivity contribution in [2.24, 2.45) is 0 Å². The van der Waals surface area contributed by atoms with Gasteiger partial charge in [-0.15, -0.1) is 0 Å². The van der Waals surface area contributed by atoms with Crippen molar-refractivity contribution in [3.05, 3.63) is 47.0 Å². The second-order valence-electron chi connectivity index (χ2n) is 4.21. The van der Waals surface area contributed by atoms with Gasteiger partial charge in [-0.05, 0) is 18.7 Å². The van der Waals surface area contributed by atoms with Crippen molar-refractivity contribution in [3.8, 4) is 5.75 Å². The minimum Gasteiger partial charge on any atom is -0.496 e. The summed E-state index contributed by atoms with van der Waals surface area (Å²) >= 11 is 6.25. The average Bonchev–Trinajstić information content (AvgIpc) is 2.86. The van der Waals surface area contributed by atoms with Gasteiger partial charge in [0.1, 0.15) is 5.75 Å². The van der Waals surface area contributed by atoms with Gasteiger partial charge in [0.05, 0.1) is 25.7 Å². The molecule has 0 fully saturated rings. The van der Waals surface area contributed by atoms with Gasteiger partial charge in [0.2, 0.25) is 0 Å². The van der Waals surface area contributed by atoms with Crippen LogP contribution in [0.2, 0.25) is 5.02 Å². The smallest absolute Gasteiger partial charge is 0.125 e. The number of hydrogen-bond acceptors (Lipinski definition) is 3. The largest absolute Gasteiger partial charge is 0.496 e. The number of ether oxygens (including phenoxy) is 1. The monoisotopic (exact) mass is 279 g/mol. The zero-order valence-corrected chi connectivity index (χ0v) is 11.9. The molecule has 0 aliphatic heterocycles. The van der Waals surface area contributed by atoms with E-state index in [-0.39, 0.29) is 0 Å². The molecular weight excluding hydrogens is 262 g/mol. The Morgan fingerprint density at radius 2 is 2.26 bits per heavy atom. The highest BCUT2D eigenvalue weighted by molar-refractivity contribution is 6.31. The van der Waals surface area contributed by atoms with E-state index < -0.39 is 0 Å². The number of nitrogens with zero attached hydrogens (tertiary/aromatic N) is 2. The van der Waals surface area contributed by atoms with Crippen molar-refractivity contribution in [1.82, 2.24) is 14.9 Å². The molecule has 1 aromatic carbocycles. The van der Waals surface area contributed by atoms with Gasteiger partial charge in [-0.3, -0.25) is 0 Å². The second-order valence-corrected chi connectivity index (χ2v) is 4.62. The van der Waals surface area contributed by atoms with Gasteiger partial charge in [-0.1, -0.05) is 24.6 Å². The van der Waals surface area contributed by atoms with Gasteiger partial charge in [-0.25, -0.2) is 4.98 Å². The molecule has 2 aromatic rings. The lowest BCUT2D eigenvalue weighted by molar-refractivity contribution is 0.408. The fourth-order valence-corrected chi connectivity index (χ4v) is 2.17. The third-order valence-electron chi connectivity index (χ3n) is 2.98. The Balaban J connectivity index is 2.24. The van der Waals surface area contributed by atoms with E-state index in [1.165, 1.54) is 0 Å². The molecule has 19 heavy (non-hydrogen) atoms.